The van der Waals surface area contributed by atoms with Crippen LogP contribution in [0.3, 0.4) is 0 Å². The smallest absolute Gasteiger partial charge is 0.166 e. The lowest BCUT2D eigenvalue weighted by Gasteiger charge is -2.01. The molecule has 0 saturated carbocycles. The summed E-state index contributed by atoms with van der Waals surface area (Å²) in [6.07, 6.45) is 2.86. The van der Waals surface area contributed by atoms with Crippen molar-refractivity contribution in [2.24, 2.45) is 0 Å². The Bertz CT molecular complexity index is 542. The van der Waals surface area contributed by atoms with Gasteiger partial charge in [-0.2, -0.15) is 10.4 Å². The average molecular weight is 203 g/mol. The van der Waals surface area contributed by atoms with Gasteiger partial charge in [-0.15, -0.1) is 0 Å². The summed E-state index contributed by atoms with van der Waals surface area (Å²) >= 11 is 0. The summed E-state index contributed by atoms with van der Waals surface area (Å²) in [5, 5.41) is 21.4. The highest BCUT2D eigenvalue weighted by molar-refractivity contribution is 5.38. The van der Waals surface area contributed by atoms with Gasteiger partial charge in [0.25, 0.3) is 0 Å². The number of aromatic hydroxyl groups is 1. The topological polar surface area (TPSA) is 61.8 Å². The molecular formula is C10H6FN3O. The Morgan fingerprint density at radius 2 is 2.27 bits per heavy atom. The lowest BCUT2D eigenvalue weighted by atomic mass is 10.3. The Morgan fingerprint density at radius 3 is 2.87 bits per heavy atom. The molecular weight excluding hydrogens is 197 g/mol. The van der Waals surface area contributed by atoms with Crippen LogP contribution in [-0.2, 0) is 0 Å². The molecule has 4 nitrogen and oxygen atoms in total. The highest BCUT2D eigenvalue weighted by Crippen LogP contribution is 2.18. The number of halogens is 1. The van der Waals surface area contributed by atoms with Crippen LogP contribution in [0.4, 0.5) is 4.39 Å². The zero-order chi connectivity index (χ0) is 10.8. The number of phenols is 1. The van der Waals surface area contributed by atoms with Crippen LogP contribution in [0.15, 0.2) is 30.6 Å². The number of nitrogens with zero attached hydrogens (tertiary/aromatic N) is 3. The molecule has 15 heavy (non-hydrogen) atoms. The van der Waals surface area contributed by atoms with Crippen LogP contribution in [0.2, 0.25) is 0 Å². The Hall–Kier alpha value is -2.35. The second kappa shape index (κ2) is 3.42. The van der Waals surface area contributed by atoms with Gasteiger partial charge in [0.15, 0.2) is 11.6 Å². The van der Waals surface area contributed by atoms with Crippen molar-refractivity contribution in [3.05, 3.63) is 42.0 Å². The van der Waals surface area contributed by atoms with Crippen LogP contribution in [0.25, 0.3) is 5.69 Å². The number of benzene rings is 1. The molecule has 0 radical (unpaired) electrons. The van der Waals surface area contributed by atoms with Gasteiger partial charge >= 0.3 is 0 Å². The highest BCUT2D eigenvalue weighted by atomic mass is 19.1. The Balaban J connectivity index is 2.46. The van der Waals surface area contributed by atoms with Crippen LogP contribution >= 0.6 is 0 Å². The molecule has 1 aromatic carbocycles. The van der Waals surface area contributed by atoms with E-state index >= 15 is 0 Å². The monoisotopic (exact) mass is 203 g/mol. The minimum Gasteiger partial charge on any atom is -0.505 e. The van der Waals surface area contributed by atoms with Gasteiger partial charge in [-0.3, -0.25) is 0 Å². The summed E-state index contributed by atoms with van der Waals surface area (Å²) in [7, 11) is 0. The molecule has 0 aliphatic heterocycles. The Kier molecular flexibility index (Phi) is 2.10. The number of hydrogen-bond donors (Lipinski definition) is 1. The molecule has 1 aromatic heterocycles. The van der Waals surface area contributed by atoms with Crippen molar-refractivity contribution in [1.29, 1.82) is 5.26 Å². The molecule has 0 aliphatic rings. The third kappa shape index (κ3) is 1.65. The van der Waals surface area contributed by atoms with Crippen molar-refractivity contribution >= 4 is 0 Å². The second-order valence-corrected chi connectivity index (χ2v) is 2.92. The fourth-order valence-electron chi connectivity index (χ4n) is 1.16. The van der Waals surface area contributed by atoms with Gasteiger partial charge < -0.3 is 5.11 Å². The first-order valence-electron chi connectivity index (χ1n) is 4.14. The maximum atomic E-state index is 13.0. The zero-order valence-electron chi connectivity index (χ0n) is 7.55. The predicted octanol–water partition coefficient (Wildman–Crippen LogP) is 1.59. The number of nitriles is 1. The summed E-state index contributed by atoms with van der Waals surface area (Å²) in [5.74, 6) is -1.13. The van der Waals surface area contributed by atoms with E-state index in [0.29, 0.717) is 11.3 Å². The van der Waals surface area contributed by atoms with E-state index in [1.54, 1.807) is 0 Å². The van der Waals surface area contributed by atoms with Crippen LogP contribution in [-0.4, -0.2) is 14.9 Å². The fourth-order valence-corrected chi connectivity index (χ4v) is 1.16. The van der Waals surface area contributed by atoms with Crippen molar-refractivity contribution in [2.75, 3.05) is 0 Å². The maximum Gasteiger partial charge on any atom is 0.166 e. The number of hydrogen-bond acceptors (Lipinski definition) is 3. The van der Waals surface area contributed by atoms with Gasteiger partial charge in [-0.05, 0) is 12.1 Å². The van der Waals surface area contributed by atoms with Crippen molar-refractivity contribution < 1.29 is 9.50 Å². The lowest BCUT2D eigenvalue weighted by molar-refractivity contribution is 0.432. The fraction of sp³-hybridized carbons (Fsp3) is 0. The quantitative estimate of drug-likeness (QED) is 0.765. The third-order valence-electron chi connectivity index (χ3n) is 1.91. The summed E-state index contributed by atoms with van der Waals surface area (Å²) in [6, 6.07) is 5.80. The van der Waals surface area contributed by atoms with E-state index in [1.807, 2.05) is 6.07 Å². The van der Waals surface area contributed by atoms with Gasteiger partial charge in [-0.1, -0.05) is 0 Å². The minimum atomic E-state index is -0.721. The molecule has 0 unspecified atom stereocenters. The Morgan fingerprint density at radius 1 is 1.47 bits per heavy atom. The SMILES string of the molecule is N#Cc1cnn(-c2ccc(O)c(F)c2)c1. The molecule has 0 fully saturated rings. The summed E-state index contributed by atoms with van der Waals surface area (Å²) in [5.41, 5.74) is 0.843. The molecule has 2 aromatic rings. The Labute approximate surface area is 84.8 Å². The molecule has 1 N–H and O–H groups in total. The lowest BCUT2D eigenvalue weighted by Crippen LogP contribution is -1.94. The summed E-state index contributed by atoms with van der Waals surface area (Å²) < 4.78 is 14.4. The highest BCUT2D eigenvalue weighted by Gasteiger charge is 2.04. The summed E-state index contributed by atoms with van der Waals surface area (Å²) in [6.45, 7) is 0. The van der Waals surface area contributed by atoms with E-state index < -0.39 is 11.6 Å². The van der Waals surface area contributed by atoms with Crippen LogP contribution in [0.5, 0.6) is 5.75 Å². The predicted molar refractivity (Wildman–Crippen MR) is 49.9 cm³/mol. The van der Waals surface area contributed by atoms with E-state index in [-0.39, 0.29) is 0 Å². The van der Waals surface area contributed by atoms with Gasteiger partial charge in [0, 0.05) is 12.3 Å². The van der Waals surface area contributed by atoms with E-state index in [0.717, 1.165) is 6.07 Å². The van der Waals surface area contributed by atoms with E-state index in [2.05, 4.69) is 5.10 Å². The van der Waals surface area contributed by atoms with E-state index in [9.17, 15) is 4.39 Å². The average Bonchev–Trinajstić information content (AvgIpc) is 2.70. The van der Waals surface area contributed by atoms with Crippen LogP contribution in [0.1, 0.15) is 5.56 Å². The zero-order valence-corrected chi connectivity index (χ0v) is 7.55. The molecule has 0 amide bonds. The first-order chi connectivity index (χ1) is 7.20. The van der Waals surface area contributed by atoms with Crippen LogP contribution < -0.4 is 0 Å². The molecule has 0 atom stereocenters. The first-order valence-corrected chi connectivity index (χ1v) is 4.14. The largest absolute Gasteiger partial charge is 0.505 e. The van der Waals surface area contributed by atoms with Gasteiger partial charge in [-0.25, -0.2) is 9.07 Å². The number of phenolic OH excluding ortho intramolecular Hbond substituents is 1. The van der Waals surface area contributed by atoms with Gasteiger partial charge in [0.1, 0.15) is 6.07 Å². The molecule has 5 heteroatoms. The summed E-state index contributed by atoms with van der Waals surface area (Å²) in [4.78, 5) is 0. The molecule has 74 valence electrons. The standard InChI is InChI=1S/C10H6FN3O/c11-9-3-8(1-2-10(9)15)14-6-7(4-12)5-13-14/h1-3,5-6,15H. The van der Waals surface area contributed by atoms with Crippen LogP contribution in [0, 0.1) is 17.1 Å². The number of aromatic nitrogens is 2. The van der Waals surface area contributed by atoms with Crippen molar-refractivity contribution in [3.63, 3.8) is 0 Å². The van der Waals surface area contributed by atoms with Gasteiger partial charge in [0.2, 0.25) is 0 Å². The van der Waals surface area contributed by atoms with Gasteiger partial charge in [0.05, 0.1) is 17.4 Å². The third-order valence-corrected chi connectivity index (χ3v) is 1.91. The normalized spacial score (nSPS) is 9.87. The maximum absolute atomic E-state index is 13.0. The first kappa shape index (κ1) is 9.21. The van der Waals surface area contributed by atoms with Crippen molar-refractivity contribution in [1.82, 2.24) is 9.78 Å². The van der Waals surface area contributed by atoms with Crippen molar-refractivity contribution in [3.8, 4) is 17.5 Å². The molecule has 1 heterocycles. The molecule has 0 spiro atoms. The van der Waals surface area contributed by atoms with Crippen molar-refractivity contribution in [2.45, 2.75) is 0 Å². The number of rotatable bonds is 1. The molecule has 0 bridgehead atoms. The molecule has 2 rings (SSSR count). The second-order valence-electron chi connectivity index (χ2n) is 2.92. The van der Waals surface area contributed by atoms with E-state index in [4.69, 9.17) is 10.4 Å². The van der Waals surface area contributed by atoms with E-state index in [1.165, 1.54) is 29.2 Å². The molecule has 0 aliphatic carbocycles. The molecule has 0 saturated heterocycles. The minimum absolute atomic E-state index is 0.392.